The maximum Gasteiger partial charge on any atom is 0.251 e. The Labute approximate surface area is 193 Å². The van der Waals surface area contributed by atoms with Crippen LogP contribution in [0.1, 0.15) is 41.6 Å². The first-order valence-corrected chi connectivity index (χ1v) is 12.6. The van der Waals surface area contributed by atoms with Gasteiger partial charge >= 0.3 is 0 Å². The Kier molecular flexibility index (Phi) is 6.89. The van der Waals surface area contributed by atoms with E-state index in [9.17, 15) is 4.79 Å². The van der Waals surface area contributed by atoms with Crippen LogP contribution in [0.15, 0.2) is 60.7 Å². The molecule has 4 saturated heterocycles. The molecule has 1 N–H and O–H groups in total. The van der Waals surface area contributed by atoms with Crippen molar-refractivity contribution in [2.24, 2.45) is 17.8 Å². The van der Waals surface area contributed by atoms with Crippen LogP contribution in [-0.2, 0) is 6.42 Å². The van der Waals surface area contributed by atoms with Crippen LogP contribution >= 0.6 is 0 Å². The number of fused-ring (bicyclic) bond motifs is 3. The van der Waals surface area contributed by atoms with Gasteiger partial charge in [0.15, 0.2) is 0 Å². The Bertz CT molecular complexity index is 863. The topological polar surface area (TPSA) is 35.6 Å². The van der Waals surface area contributed by atoms with Crippen LogP contribution in [0, 0.1) is 17.8 Å². The maximum atomic E-state index is 12.4. The van der Waals surface area contributed by atoms with Crippen LogP contribution < -0.4 is 5.32 Å². The van der Waals surface area contributed by atoms with Crippen LogP contribution in [0.3, 0.4) is 0 Å². The van der Waals surface area contributed by atoms with Crippen molar-refractivity contribution < 1.29 is 4.79 Å². The molecule has 4 heterocycles. The summed E-state index contributed by atoms with van der Waals surface area (Å²) in [6.07, 6.45) is 6.49. The van der Waals surface area contributed by atoms with E-state index in [1.54, 1.807) is 0 Å². The minimum absolute atomic E-state index is 0.0585. The Morgan fingerprint density at radius 2 is 1.62 bits per heavy atom. The molecule has 4 aliphatic heterocycles. The summed E-state index contributed by atoms with van der Waals surface area (Å²) in [4.78, 5) is 17.8. The molecule has 0 spiro atoms. The van der Waals surface area contributed by atoms with Crippen LogP contribution in [0.5, 0.6) is 0 Å². The Morgan fingerprint density at radius 3 is 2.31 bits per heavy atom. The van der Waals surface area contributed by atoms with Gasteiger partial charge in [0, 0.05) is 31.2 Å². The zero-order valence-corrected chi connectivity index (χ0v) is 19.2. The van der Waals surface area contributed by atoms with Gasteiger partial charge in [0.05, 0.1) is 0 Å². The third-order valence-electron chi connectivity index (χ3n) is 8.12. The third-order valence-corrected chi connectivity index (χ3v) is 8.12. The van der Waals surface area contributed by atoms with Gasteiger partial charge < -0.3 is 10.2 Å². The van der Waals surface area contributed by atoms with Crippen molar-refractivity contribution in [3.8, 4) is 0 Å². The van der Waals surface area contributed by atoms with Gasteiger partial charge in [0.25, 0.3) is 5.91 Å². The Balaban J connectivity index is 1.06. The number of piperidine rings is 4. The van der Waals surface area contributed by atoms with Gasteiger partial charge in [-0.25, -0.2) is 0 Å². The number of benzene rings is 2. The molecule has 4 atom stereocenters. The summed E-state index contributed by atoms with van der Waals surface area (Å²) >= 11 is 0. The van der Waals surface area contributed by atoms with Crippen LogP contribution in [0.2, 0.25) is 0 Å². The molecule has 4 nitrogen and oxygen atoms in total. The lowest BCUT2D eigenvalue weighted by atomic mass is 9.75. The average Bonchev–Trinajstić information content (AvgIpc) is 2.85. The van der Waals surface area contributed by atoms with Crippen molar-refractivity contribution in [3.63, 3.8) is 0 Å². The maximum absolute atomic E-state index is 12.4. The first-order valence-electron chi connectivity index (χ1n) is 12.6. The van der Waals surface area contributed by atoms with Crippen LogP contribution in [-0.4, -0.2) is 61.0 Å². The zero-order chi connectivity index (χ0) is 21.8. The summed E-state index contributed by atoms with van der Waals surface area (Å²) in [6, 6.07) is 21.1. The summed E-state index contributed by atoms with van der Waals surface area (Å²) in [5.74, 6) is 2.53. The van der Waals surface area contributed by atoms with Crippen molar-refractivity contribution in [3.05, 3.63) is 71.8 Å². The number of carbonyl (C=O) groups is 1. The fourth-order valence-electron chi connectivity index (χ4n) is 6.22. The standard InChI is InChI=1S/C28H37N3O/c32-28(24-9-5-2-6-10-24)29-19-27-18-25-13-16-31(27)21-26(25)20-30-14-11-23(12-15-30)17-22-7-3-1-4-8-22/h1-10,23,25-27H,11-21H2,(H,29,32). The lowest BCUT2D eigenvalue weighted by Crippen LogP contribution is -2.58. The number of rotatable bonds is 7. The molecule has 6 rings (SSSR count). The minimum atomic E-state index is 0.0585. The lowest BCUT2D eigenvalue weighted by molar-refractivity contribution is -0.0151. The summed E-state index contributed by atoms with van der Waals surface area (Å²) in [5.41, 5.74) is 2.26. The number of likely N-dealkylation sites (tertiary alicyclic amines) is 1. The fourth-order valence-corrected chi connectivity index (χ4v) is 6.22. The molecular weight excluding hydrogens is 394 g/mol. The van der Waals surface area contributed by atoms with E-state index < -0.39 is 0 Å². The molecule has 0 aromatic heterocycles. The SMILES string of the molecule is O=C(NCC1CC2CCN1CC2CN1CCC(Cc2ccccc2)CC1)c1ccccc1. The van der Waals surface area contributed by atoms with Gasteiger partial charge in [-0.15, -0.1) is 0 Å². The van der Waals surface area contributed by atoms with Crippen molar-refractivity contribution in [2.75, 3.05) is 39.3 Å². The van der Waals surface area contributed by atoms with E-state index >= 15 is 0 Å². The molecule has 32 heavy (non-hydrogen) atoms. The van der Waals surface area contributed by atoms with Crippen LogP contribution in [0.4, 0.5) is 0 Å². The zero-order valence-electron chi connectivity index (χ0n) is 19.2. The number of nitrogens with zero attached hydrogens (tertiary/aromatic N) is 2. The van der Waals surface area contributed by atoms with Crippen molar-refractivity contribution in [2.45, 2.75) is 38.1 Å². The average molecular weight is 432 g/mol. The predicted molar refractivity (Wildman–Crippen MR) is 130 cm³/mol. The number of nitrogens with one attached hydrogen (secondary N) is 1. The van der Waals surface area contributed by atoms with E-state index in [2.05, 4.69) is 45.4 Å². The Hall–Kier alpha value is -2.17. The highest BCUT2D eigenvalue weighted by molar-refractivity contribution is 5.94. The van der Waals surface area contributed by atoms with Gasteiger partial charge in [-0.05, 0) is 87.2 Å². The normalized spacial score (nSPS) is 28.5. The number of amides is 1. The summed E-state index contributed by atoms with van der Waals surface area (Å²) < 4.78 is 0. The summed E-state index contributed by atoms with van der Waals surface area (Å²) in [7, 11) is 0. The van der Waals surface area contributed by atoms with Gasteiger partial charge in [-0.1, -0.05) is 48.5 Å². The smallest absolute Gasteiger partial charge is 0.251 e. The van der Waals surface area contributed by atoms with E-state index in [-0.39, 0.29) is 5.91 Å². The van der Waals surface area contributed by atoms with Crippen molar-refractivity contribution >= 4 is 5.91 Å². The quantitative estimate of drug-likeness (QED) is 0.718. The van der Waals surface area contributed by atoms with Gasteiger partial charge in [0.1, 0.15) is 0 Å². The first kappa shape index (κ1) is 21.7. The molecule has 4 unspecified atom stereocenters. The van der Waals surface area contributed by atoms with E-state index in [1.165, 1.54) is 70.4 Å². The molecule has 0 radical (unpaired) electrons. The fraction of sp³-hybridized carbons (Fsp3) is 0.536. The second kappa shape index (κ2) is 10.2. The third kappa shape index (κ3) is 5.24. The largest absolute Gasteiger partial charge is 0.350 e. The van der Waals surface area contributed by atoms with Gasteiger partial charge in [-0.2, -0.15) is 0 Å². The van der Waals surface area contributed by atoms with Crippen molar-refractivity contribution in [1.82, 2.24) is 15.1 Å². The molecule has 2 bridgehead atoms. The van der Waals surface area contributed by atoms with Crippen LogP contribution in [0.25, 0.3) is 0 Å². The molecule has 2 aromatic carbocycles. The molecule has 4 aliphatic rings. The second-order valence-corrected chi connectivity index (χ2v) is 10.2. The highest BCUT2D eigenvalue weighted by Crippen LogP contribution is 2.37. The molecular formula is C28H37N3O. The molecule has 1 amide bonds. The first-order chi connectivity index (χ1) is 15.7. The summed E-state index contributed by atoms with van der Waals surface area (Å²) in [5, 5.41) is 3.18. The second-order valence-electron chi connectivity index (χ2n) is 10.2. The highest BCUT2D eigenvalue weighted by Gasteiger charge is 2.40. The highest BCUT2D eigenvalue weighted by atomic mass is 16.1. The van der Waals surface area contributed by atoms with E-state index in [0.717, 1.165) is 29.9 Å². The molecule has 4 heteroatoms. The molecule has 0 aliphatic carbocycles. The monoisotopic (exact) mass is 431 g/mol. The lowest BCUT2D eigenvalue weighted by Gasteiger charge is -2.51. The van der Waals surface area contributed by atoms with Crippen molar-refractivity contribution in [1.29, 1.82) is 0 Å². The van der Waals surface area contributed by atoms with E-state index in [1.807, 2.05) is 30.3 Å². The predicted octanol–water partition coefficient (Wildman–Crippen LogP) is 4.08. The molecule has 0 saturated carbocycles. The molecule has 170 valence electrons. The van der Waals surface area contributed by atoms with E-state index in [4.69, 9.17) is 0 Å². The molecule has 2 aromatic rings. The van der Waals surface area contributed by atoms with Gasteiger partial charge in [0.2, 0.25) is 0 Å². The summed E-state index contributed by atoms with van der Waals surface area (Å²) in [6.45, 7) is 6.98. The Morgan fingerprint density at radius 1 is 0.906 bits per heavy atom. The number of carbonyl (C=O) groups excluding carboxylic acids is 1. The van der Waals surface area contributed by atoms with E-state index in [0.29, 0.717) is 6.04 Å². The number of hydrogen-bond donors (Lipinski definition) is 1. The number of hydrogen-bond acceptors (Lipinski definition) is 3. The minimum Gasteiger partial charge on any atom is -0.350 e. The van der Waals surface area contributed by atoms with Gasteiger partial charge in [-0.3, -0.25) is 9.69 Å². The molecule has 4 fully saturated rings.